The first kappa shape index (κ1) is 21.1. The minimum Gasteiger partial charge on any atom is -0.379 e. The van der Waals surface area contributed by atoms with Crippen LogP contribution in [-0.2, 0) is 21.3 Å². The first-order valence-corrected chi connectivity index (χ1v) is 10.5. The zero-order chi connectivity index (χ0) is 18.8. The summed E-state index contributed by atoms with van der Waals surface area (Å²) in [7, 11) is 1.80. The molecule has 1 fully saturated rings. The van der Waals surface area contributed by atoms with Crippen molar-refractivity contribution >= 4 is 17.3 Å². The van der Waals surface area contributed by atoms with E-state index in [0.29, 0.717) is 6.10 Å². The largest absolute Gasteiger partial charge is 0.379 e. The maximum absolute atomic E-state index is 5.67. The van der Waals surface area contributed by atoms with E-state index in [9.17, 15) is 0 Å². The summed E-state index contributed by atoms with van der Waals surface area (Å²) < 4.78 is 11.2. The molecule has 7 heteroatoms. The van der Waals surface area contributed by atoms with E-state index in [1.54, 1.807) is 18.4 Å². The van der Waals surface area contributed by atoms with Gasteiger partial charge in [0.05, 0.1) is 23.4 Å². The Bertz CT molecular complexity index is 548. The number of nitrogens with zero attached hydrogens (tertiary/aromatic N) is 2. The molecule has 0 radical (unpaired) electrons. The van der Waals surface area contributed by atoms with Gasteiger partial charge >= 0.3 is 0 Å². The van der Waals surface area contributed by atoms with Crippen LogP contribution in [0.15, 0.2) is 10.4 Å². The van der Waals surface area contributed by atoms with E-state index in [1.165, 1.54) is 10.7 Å². The standard InChI is InChI=1S/C19H34N4O2S/c1-19(2,3)16-14-26-17(23-16)8-10-22-18(20-4)21-9-6-11-24-13-15-7-5-12-25-15/h14-15H,5-13H2,1-4H3,(H2,20,21,22). The first-order chi connectivity index (χ1) is 12.5. The van der Waals surface area contributed by atoms with Crippen molar-refractivity contribution < 1.29 is 9.47 Å². The summed E-state index contributed by atoms with van der Waals surface area (Å²) in [6, 6.07) is 0. The van der Waals surface area contributed by atoms with Gasteiger partial charge in [0.1, 0.15) is 0 Å². The number of guanidine groups is 1. The van der Waals surface area contributed by atoms with Gasteiger partial charge in [-0.25, -0.2) is 4.98 Å². The molecular formula is C19H34N4O2S. The predicted octanol–water partition coefficient (Wildman–Crippen LogP) is 2.73. The maximum Gasteiger partial charge on any atom is 0.190 e. The Morgan fingerprint density at radius 1 is 1.38 bits per heavy atom. The van der Waals surface area contributed by atoms with E-state index < -0.39 is 0 Å². The quantitative estimate of drug-likeness (QED) is 0.390. The first-order valence-electron chi connectivity index (χ1n) is 9.58. The number of ether oxygens (including phenoxy) is 2. The van der Waals surface area contributed by atoms with E-state index >= 15 is 0 Å². The van der Waals surface area contributed by atoms with E-state index in [2.05, 4.69) is 41.8 Å². The molecular weight excluding hydrogens is 348 g/mol. The Labute approximate surface area is 161 Å². The molecule has 0 saturated carbocycles. The van der Waals surface area contributed by atoms with Crippen LogP contribution in [0, 0.1) is 0 Å². The lowest BCUT2D eigenvalue weighted by Crippen LogP contribution is -2.39. The van der Waals surface area contributed by atoms with E-state index in [-0.39, 0.29) is 5.41 Å². The zero-order valence-corrected chi connectivity index (χ0v) is 17.5. The molecule has 2 rings (SSSR count). The lowest BCUT2D eigenvalue weighted by molar-refractivity contribution is 0.0168. The Balaban J connectivity index is 1.54. The molecule has 0 bridgehead atoms. The van der Waals surface area contributed by atoms with Crippen LogP contribution < -0.4 is 10.6 Å². The van der Waals surface area contributed by atoms with Crippen LogP contribution in [0.4, 0.5) is 0 Å². The van der Waals surface area contributed by atoms with E-state index in [1.807, 2.05) is 0 Å². The summed E-state index contributed by atoms with van der Waals surface area (Å²) >= 11 is 1.73. The SMILES string of the molecule is CN=C(NCCCOCC1CCCO1)NCCc1nc(C(C)(C)C)cs1. The van der Waals surface area contributed by atoms with Gasteiger partial charge in [0.15, 0.2) is 5.96 Å². The number of nitrogens with one attached hydrogen (secondary N) is 2. The minimum absolute atomic E-state index is 0.117. The van der Waals surface area contributed by atoms with Crippen molar-refractivity contribution in [3.8, 4) is 0 Å². The molecule has 1 aliphatic heterocycles. The molecule has 1 saturated heterocycles. The molecule has 6 nitrogen and oxygen atoms in total. The smallest absolute Gasteiger partial charge is 0.190 e. The van der Waals surface area contributed by atoms with Crippen molar-refractivity contribution in [3.05, 3.63) is 16.1 Å². The Morgan fingerprint density at radius 2 is 2.19 bits per heavy atom. The summed E-state index contributed by atoms with van der Waals surface area (Å²) in [5, 5.41) is 10.0. The second-order valence-corrected chi connectivity index (χ2v) is 8.56. The molecule has 2 heterocycles. The summed E-state index contributed by atoms with van der Waals surface area (Å²) in [5.74, 6) is 0.830. The van der Waals surface area contributed by atoms with Gasteiger partial charge < -0.3 is 20.1 Å². The van der Waals surface area contributed by atoms with Crippen molar-refractivity contribution in [2.24, 2.45) is 4.99 Å². The molecule has 26 heavy (non-hydrogen) atoms. The molecule has 2 N–H and O–H groups in total. The highest BCUT2D eigenvalue weighted by Gasteiger charge is 2.17. The monoisotopic (exact) mass is 382 g/mol. The predicted molar refractivity (Wildman–Crippen MR) is 108 cm³/mol. The van der Waals surface area contributed by atoms with Gasteiger partial charge in [-0.15, -0.1) is 11.3 Å². The summed E-state index contributed by atoms with van der Waals surface area (Å²) in [6.45, 7) is 10.6. The molecule has 0 spiro atoms. The average Bonchev–Trinajstić information content (AvgIpc) is 3.27. The van der Waals surface area contributed by atoms with Crippen LogP contribution in [-0.4, -0.2) is 57.0 Å². The molecule has 1 aromatic heterocycles. The van der Waals surface area contributed by atoms with Gasteiger partial charge in [0.2, 0.25) is 0 Å². The van der Waals surface area contributed by atoms with Crippen molar-refractivity contribution in [2.75, 3.05) is 40.0 Å². The summed E-state index contributed by atoms with van der Waals surface area (Å²) in [6.07, 6.45) is 4.46. The highest BCUT2D eigenvalue weighted by Crippen LogP contribution is 2.23. The number of thiazole rings is 1. The van der Waals surface area contributed by atoms with Crippen molar-refractivity contribution in [3.63, 3.8) is 0 Å². The molecule has 0 aromatic carbocycles. The lowest BCUT2D eigenvalue weighted by atomic mass is 9.93. The van der Waals surface area contributed by atoms with Gasteiger partial charge in [-0.05, 0) is 19.3 Å². The fourth-order valence-corrected chi connectivity index (χ4v) is 3.68. The fourth-order valence-electron chi connectivity index (χ4n) is 2.65. The van der Waals surface area contributed by atoms with Crippen LogP contribution in [0.25, 0.3) is 0 Å². The fraction of sp³-hybridized carbons (Fsp3) is 0.789. The molecule has 148 valence electrons. The Morgan fingerprint density at radius 3 is 2.85 bits per heavy atom. The molecule has 1 atom stereocenters. The highest BCUT2D eigenvalue weighted by atomic mass is 32.1. The number of hydrogen-bond acceptors (Lipinski definition) is 5. The van der Waals surface area contributed by atoms with Crippen molar-refractivity contribution in [1.82, 2.24) is 15.6 Å². The minimum atomic E-state index is 0.117. The highest BCUT2D eigenvalue weighted by molar-refractivity contribution is 7.09. The average molecular weight is 383 g/mol. The summed E-state index contributed by atoms with van der Waals surface area (Å²) in [5.41, 5.74) is 1.29. The third-order valence-electron chi connectivity index (χ3n) is 4.26. The number of aromatic nitrogens is 1. The second-order valence-electron chi connectivity index (χ2n) is 7.62. The van der Waals surface area contributed by atoms with Gasteiger partial charge in [-0.1, -0.05) is 20.8 Å². The van der Waals surface area contributed by atoms with E-state index in [0.717, 1.165) is 64.6 Å². The normalized spacial score (nSPS) is 18.3. The van der Waals surface area contributed by atoms with Crippen LogP contribution in [0.1, 0.15) is 50.7 Å². The van der Waals surface area contributed by atoms with Gasteiger partial charge in [-0.2, -0.15) is 0 Å². The maximum atomic E-state index is 5.67. The van der Waals surface area contributed by atoms with Crippen molar-refractivity contribution in [1.29, 1.82) is 0 Å². The second kappa shape index (κ2) is 10.8. The molecule has 1 unspecified atom stereocenters. The Kier molecular flexibility index (Phi) is 8.81. The summed E-state index contributed by atoms with van der Waals surface area (Å²) in [4.78, 5) is 8.99. The van der Waals surface area contributed by atoms with Crippen LogP contribution >= 0.6 is 11.3 Å². The van der Waals surface area contributed by atoms with Crippen LogP contribution in [0.2, 0.25) is 0 Å². The third-order valence-corrected chi connectivity index (χ3v) is 5.17. The van der Waals surface area contributed by atoms with E-state index in [4.69, 9.17) is 14.5 Å². The number of aliphatic imine (C=N–C) groups is 1. The molecule has 0 aliphatic carbocycles. The topological polar surface area (TPSA) is 67.8 Å². The van der Waals surface area contributed by atoms with Crippen molar-refractivity contribution in [2.45, 2.75) is 58.0 Å². The molecule has 1 aliphatic rings. The van der Waals surface area contributed by atoms with Crippen LogP contribution in [0.5, 0.6) is 0 Å². The van der Waals surface area contributed by atoms with Crippen LogP contribution in [0.3, 0.4) is 0 Å². The van der Waals surface area contributed by atoms with Gasteiger partial charge in [0.25, 0.3) is 0 Å². The zero-order valence-electron chi connectivity index (χ0n) is 16.6. The molecule has 1 aromatic rings. The number of rotatable bonds is 9. The number of hydrogen-bond donors (Lipinski definition) is 2. The lowest BCUT2D eigenvalue weighted by Gasteiger charge is -2.14. The van der Waals surface area contributed by atoms with Gasteiger partial charge in [-0.3, -0.25) is 4.99 Å². The van der Waals surface area contributed by atoms with Gasteiger partial charge in [0, 0.05) is 50.6 Å². The third kappa shape index (κ3) is 7.60. The molecule has 0 amide bonds. The Hall–Kier alpha value is -1.18.